The summed E-state index contributed by atoms with van der Waals surface area (Å²) >= 11 is 0. The first-order valence-corrected chi connectivity index (χ1v) is 9.73. The fourth-order valence-electron chi connectivity index (χ4n) is 3.25. The predicted molar refractivity (Wildman–Crippen MR) is 128 cm³/mol. The van der Waals surface area contributed by atoms with Crippen LogP contribution in [0.2, 0.25) is 0 Å². The molecular weight excluding hydrogens is 463 g/mol. The fourth-order valence-corrected chi connectivity index (χ4v) is 3.25. The Morgan fingerprint density at radius 2 is 1.86 bits per heavy atom. The van der Waals surface area contributed by atoms with E-state index >= 15 is 0 Å². The van der Waals surface area contributed by atoms with Crippen LogP contribution in [0.1, 0.15) is 38.8 Å². The highest BCUT2D eigenvalue weighted by Gasteiger charge is 2.12. The molecule has 156 valence electrons. The average molecular weight is 498 g/mol. The van der Waals surface area contributed by atoms with Crippen LogP contribution in [-0.2, 0) is 13.1 Å². The fraction of sp³-hybridized carbons (Fsp3) is 0.524. The normalized spacial score (nSPS) is 11.8. The molecule has 0 atom stereocenters. The van der Waals surface area contributed by atoms with Gasteiger partial charge in [0.15, 0.2) is 5.96 Å². The molecule has 0 aliphatic rings. The molecule has 0 saturated carbocycles. The topological polar surface area (TPSA) is 57.5 Å². The average Bonchev–Trinajstić information content (AvgIpc) is 3.13. The maximum atomic E-state index is 4.34. The molecule has 6 nitrogen and oxygen atoms in total. The number of aliphatic imine (C=N–C) groups is 1. The summed E-state index contributed by atoms with van der Waals surface area (Å²) in [4.78, 5) is 10.9. The van der Waals surface area contributed by atoms with Crippen molar-refractivity contribution in [2.45, 2.75) is 52.9 Å². The van der Waals surface area contributed by atoms with Gasteiger partial charge in [-0.2, -0.15) is 0 Å². The summed E-state index contributed by atoms with van der Waals surface area (Å²) in [5, 5.41) is 6.82. The van der Waals surface area contributed by atoms with Crippen LogP contribution in [0, 0.1) is 0 Å². The molecule has 1 heterocycles. The van der Waals surface area contributed by atoms with Gasteiger partial charge in [-0.25, -0.2) is 4.98 Å². The zero-order chi connectivity index (χ0) is 19.6. The number of nitrogens with one attached hydrogen (secondary N) is 2. The summed E-state index contributed by atoms with van der Waals surface area (Å²) in [7, 11) is 1.81. The number of rotatable bonds is 9. The Hall–Kier alpha value is -1.61. The van der Waals surface area contributed by atoms with E-state index in [1.807, 2.05) is 19.6 Å². The molecule has 1 aromatic heterocycles. The molecule has 0 amide bonds. The molecule has 0 spiro atoms. The first kappa shape index (κ1) is 24.4. The van der Waals surface area contributed by atoms with Gasteiger partial charge in [0, 0.05) is 57.7 Å². The van der Waals surface area contributed by atoms with Crippen molar-refractivity contribution in [3.8, 4) is 0 Å². The van der Waals surface area contributed by atoms with Crippen molar-refractivity contribution in [3.05, 3.63) is 54.1 Å². The first-order chi connectivity index (χ1) is 13.0. The first-order valence-electron chi connectivity index (χ1n) is 9.73. The number of hydrogen-bond donors (Lipinski definition) is 2. The van der Waals surface area contributed by atoms with Crippen molar-refractivity contribution in [1.82, 2.24) is 25.1 Å². The molecule has 1 aromatic carbocycles. The maximum Gasteiger partial charge on any atom is 0.191 e. The number of benzene rings is 1. The molecule has 2 aromatic rings. The summed E-state index contributed by atoms with van der Waals surface area (Å²) in [5.41, 5.74) is 2.50. The summed E-state index contributed by atoms with van der Waals surface area (Å²) in [6.07, 6.45) is 5.63. The maximum absolute atomic E-state index is 4.34. The third-order valence-corrected chi connectivity index (χ3v) is 4.59. The van der Waals surface area contributed by atoms with Gasteiger partial charge in [-0.05, 0) is 38.8 Å². The van der Waals surface area contributed by atoms with Crippen molar-refractivity contribution in [2.75, 3.05) is 20.1 Å². The molecule has 0 unspecified atom stereocenters. The molecule has 0 aliphatic heterocycles. The minimum absolute atomic E-state index is 0. The number of hydrogen-bond acceptors (Lipinski definition) is 3. The highest BCUT2D eigenvalue weighted by atomic mass is 127. The molecule has 2 rings (SSSR count). The number of aromatic nitrogens is 2. The Kier molecular flexibility index (Phi) is 11.1. The van der Waals surface area contributed by atoms with Crippen molar-refractivity contribution >= 4 is 29.9 Å². The van der Waals surface area contributed by atoms with Gasteiger partial charge in [0.2, 0.25) is 0 Å². The Morgan fingerprint density at radius 3 is 2.46 bits per heavy atom. The molecular formula is C21H35IN6. The van der Waals surface area contributed by atoms with E-state index in [-0.39, 0.29) is 24.0 Å². The van der Waals surface area contributed by atoms with Gasteiger partial charge >= 0.3 is 0 Å². The van der Waals surface area contributed by atoms with Gasteiger partial charge in [0.05, 0.1) is 6.33 Å². The second-order valence-electron chi connectivity index (χ2n) is 7.33. The number of guanidine groups is 1. The Labute approximate surface area is 186 Å². The van der Waals surface area contributed by atoms with Crippen molar-refractivity contribution in [3.63, 3.8) is 0 Å². The third-order valence-electron chi connectivity index (χ3n) is 4.59. The highest BCUT2D eigenvalue weighted by Crippen LogP contribution is 2.07. The van der Waals surface area contributed by atoms with Gasteiger partial charge in [-0.15, -0.1) is 24.0 Å². The molecule has 0 aliphatic carbocycles. The number of halogens is 1. The van der Waals surface area contributed by atoms with Crippen molar-refractivity contribution in [2.24, 2.45) is 4.99 Å². The SMILES string of the molecule is CN=C(NCCN(C(C)C)C(C)C)NCc1cccc(Cn2ccnc2)c1.I. The summed E-state index contributed by atoms with van der Waals surface area (Å²) < 4.78 is 2.07. The van der Waals surface area contributed by atoms with Gasteiger partial charge in [-0.1, -0.05) is 24.3 Å². The lowest BCUT2D eigenvalue weighted by Gasteiger charge is -2.30. The zero-order valence-corrected chi connectivity index (χ0v) is 20.1. The Morgan fingerprint density at radius 1 is 1.14 bits per heavy atom. The van der Waals surface area contributed by atoms with Crippen LogP contribution >= 0.6 is 24.0 Å². The van der Waals surface area contributed by atoms with Crippen LogP contribution in [0.3, 0.4) is 0 Å². The van der Waals surface area contributed by atoms with Gasteiger partial charge in [0.25, 0.3) is 0 Å². The van der Waals surface area contributed by atoms with Crippen LogP contribution < -0.4 is 10.6 Å². The van der Waals surface area contributed by atoms with E-state index in [1.165, 1.54) is 11.1 Å². The van der Waals surface area contributed by atoms with Crippen molar-refractivity contribution < 1.29 is 0 Å². The third kappa shape index (κ3) is 8.18. The van der Waals surface area contributed by atoms with E-state index in [0.717, 1.165) is 32.1 Å². The lowest BCUT2D eigenvalue weighted by molar-refractivity contribution is 0.178. The number of imidazole rings is 1. The smallest absolute Gasteiger partial charge is 0.191 e. The molecule has 2 N–H and O–H groups in total. The monoisotopic (exact) mass is 498 g/mol. The largest absolute Gasteiger partial charge is 0.355 e. The molecule has 0 radical (unpaired) electrons. The second-order valence-corrected chi connectivity index (χ2v) is 7.33. The van der Waals surface area contributed by atoms with Crippen LogP contribution in [0.4, 0.5) is 0 Å². The zero-order valence-electron chi connectivity index (χ0n) is 17.7. The number of nitrogens with zero attached hydrogens (tertiary/aromatic N) is 4. The molecule has 28 heavy (non-hydrogen) atoms. The standard InChI is InChI=1S/C21H34N6.HI/c1-17(2)27(18(3)4)12-10-24-21(22-5)25-14-19-7-6-8-20(13-19)15-26-11-9-23-16-26;/h6-9,11,13,16-18H,10,12,14-15H2,1-5H3,(H2,22,24,25);1H. The van der Waals surface area contributed by atoms with E-state index in [0.29, 0.717) is 12.1 Å². The van der Waals surface area contributed by atoms with Gasteiger partial charge in [0.1, 0.15) is 0 Å². The van der Waals surface area contributed by atoms with E-state index in [2.05, 4.69) is 82.0 Å². The van der Waals surface area contributed by atoms with Gasteiger partial charge in [-0.3, -0.25) is 9.89 Å². The van der Waals surface area contributed by atoms with Crippen LogP contribution in [0.15, 0.2) is 48.0 Å². The van der Waals surface area contributed by atoms with E-state index < -0.39 is 0 Å². The van der Waals surface area contributed by atoms with Gasteiger partial charge < -0.3 is 15.2 Å². The lowest BCUT2D eigenvalue weighted by atomic mass is 10.1. The molecule has 0 fully saturated rings. The minimum atomic E-state index is 0. The Balaban J connectivity index is 0.00000392. The quantitative estimate of drug-likeness (QED) is 0.317. The summed E-state index contributed by atoms with van der Waals surface area (Å²) in [6, 6.07) is 9.68. The van der Waals surface area contributed by atoms with Crippen LogP contribution in [0.5, 0.6) is 0 Å². The van der Waals surface area contributed by atoms with Crippen LogP contribution in [0.25, 0.3) is 0 Å². The molecule has 0 saturated heterocycles. The van der Waals surface area contributed by atoms with Crippen molar-refractivity contribution in [1.29, 1.82) is 0 Å². The minimum Gasteiger partial charge on any atom is -0.355 e. The van der Waals surface area contributed by atoms with E-state index in [4.69, 9.17) is 0 Å². The van der Waals surface area contributed by atoms with E-state index in [1.54, 1.807) is 6.20 Å². The summed E-state index contributed by atoms with van der Waals surface area (Å²) in [5.74, 6) is 0.836. The second kappa shape index (κ2) is 12.8. The predicted octanol–water partition coefficient (Wildman–Crippen LogP) is 3.33. The Bertz CT molecular complexity index is 689. The molecule has 0 bridgehead atoms. The van der Waals surface area contributed by atoms with Crippen LogP contribution in [-0.4, -0.2) is 52.6 Å². The summed E-state index contributed by atoms with van der Waals surface area (Å²) in [6.45, 7) is 12.4. The highest BCUT2D eigenvalue weighted by molar-refractivity contribution is 14.0. The lowest BCUT2D eigenvalue weighted by Crippen LogP contribution is -2.45. The van der Waals surface area contributed by atoms with E-state index in [9.17, 15) is 0 Å². The molecule has 7 heteroatoms.